The molecule has 1 saturated carbocycles. The molecular formula is C20H16FN3O. The van der Waals surface area contributed by atoms with E-state index < -0.39 is 0 Å². The number of hydrogen-bond donors (Lipinski definition) is 1. The minimum absolute atomic E-state index is 0.0506. The van der Waals surface area contributed by atoms with Gasteiger partial charge in [0.05, 0.1) is 18.1 Å². The van der Waals surface area contributed by atoms with Gasteiger partial charge in [-0.2, -0.15) is 0 Å². The number of aromatic nitrogens is 2. The van der Waals surface area contributed by atoms with Crippen LogP contribution in [0.2, 0.25) is 0 Å². The van der Waals surface area contributed by atoms with Crippen molar-refractivity contribution >= 4 is 11.6 Å². The van der Waals surface area contributed by atoms with Gasteiger partial charge in [-0.25, -0.2) is 14.4 Å². The van der Waals surface area contributed by atoms with Crippen LogP contribution in [0, 0.1) is 11.7 Å². The van der Waals surface area contributed by atoms with Gasteiger partial charge in [0, 0.05) is 11.5 Å². The van der Waals surface area contributed by atoms with Crippen molar-refractivity contribution in [3.8, 4) is 11.4 Å². The quantitative estimate of drug-likeness (QED) is 0.784. The van der Waals surface area contributed by atoms with Crippen LogP contribution in [-0.2, 0) is 4.79 Å². The summed E-state index contributed by atoms with van der Waals surface area (Å²) in [5.41, 5.74) is 2.51. The van der Waals surface area contributed by atoms with E-state index in [0.717, 1.165) is 17.5 Å². The Kier molecular flexibility index (Phi) is 3.98. The number of halogens is 1. The van der Waals surface area contributed by atoms with Crippen molar-refractivity contribution in [3.05, 3.63) is 78.4 Å². The topological polar surface area (TPSA) is 54.9 Å². The van der Waals surface area contributed by atoms with Gasteiger partial charge in [0.2, 0.25) is 5.91 Å². The molecule has 1 aliphatic carbocycles. The van der Waals surface area contributed by atoms with Crippen LogP contribution in [0.5, 0.6) is 0 Å². The van der Waals surface area contributed by atoms with E-state index in [0.29, 0.717) is 11.5 Å². The lowest BCUT2D eigenvalue weighted by molar-refractivity contribution is -0.117. The highest BCUT2D eigenvalue weighted by molar-refractivity contribution is 5.95. The third kappa shape index (κ3) is 3.40. The lowest BCUT2D eigenvalue weighted by atomic mass is 10.1. The molecule has 2 aromatic carbocycles. The van der Waals surface area contributed by atoms with E-state index in [-0.39, 0.29) is 23.6 Å². The number of carbonyl (C=O) groups excluding carboxylic acids is 1. The molecule has 1 N–H and O–H groups in total. The molecule has 0 spiro atoms. The fourth-order valence-corrected chi connectivity index (χ4v) is 2.93. The lowest BCUT2D eigenvalue weighted by Gasteiger charge is -2.06. The highest BCUT2D eigenvalue weighted by Gasteiger charge is 2.43. The normalized spacial score (nSPS) is 18.6. The van der Waals surface area contributed by atoms with Gasteiger partial charge in [-0.05, 0) is 30.0 Å². The first-order chi connectivity index (χ1) is 12.2. The van der Waals surface area contributed by atoms with Crippen LogP contribution in [-0.4, -0.2) is 15.9 Å². The molecule has 5 heteroatoms. The molecule has 25 heavy (non-hydrogen) atoms. The Morgan fingerprint density at radius 2 is 1.68 bits per heavy atom. The molecule has 4 nitrogen and oxygen atoms in total. The molecule has 4 rings (SSSR count). The Morgan fingerprint density at radius 3 is 2.36 bits per heavy atom. The molecule has 2 atom stereocenters. The van der Waals surface area contributed by atoms with Crippen molar-refractivity contribution in [2.45, 2.75) is 12.3 Å². The molecule has 1 aliphatic rings. The maximum Gasteiger partial charge on any atom is 0.228 e. The molecule has 0 saturated heterocycles. The van der Waals surface area contributed by atoms with Gasteiger partial charge in [0.25, 0.3) is 0 Å². The van der Waals surface area contributed by atoms with Gasteiger partial charge < -0.3 is 5.32 Å². The summed E-state index contributed by atoms with van der Waals surface area (Å²) in [7, 11) is 0. The molecule has 0 bridgehead atoms. The smallest absolute Gasteiger partial charge is 0.228 e. The summed E-state index contributed by atoms with van der Waals surface area (Å²) in [6.07, 6.45) is 4.01. The van der Waals surface area contributed by atoms with Crippen LogP contribution in [0.25, 0.3) is 11.4 Å². The molecule has 1 heterocycles. The zero-order valence-electron chi connectivity index (χ0n) is 13.4. The summed E-state index contributed by atoms with van der Waals surface area (Å²) < 4.78 is 13.0. The van der Waals surface area contributed by atoms with E-state index in [9.17, 15) is 9.18 Å². The van der Waals surface area contributed by atoms with Gasteiger partial charge in [-0.15, -0.1) is 0 Å². The molecule has 2 unspecified atom stereocenters. The molecule has 124 valence electrons. The Hall–Kier alpha value is -3.08. The average Bonchev–Trinajstić information content (AvgIpc) is 3.45. The molecule has 3 aromatic rings. The molecule has 0 radical (unpaired) electrons. The molecule has 1 fully saturated rings. The Labute approximate surface area is 144 Å². The van der Waals surface area contributed by atoms with E-state index in [1.807, 2.05) is 30.3 Å². The standard InChI is InChI=1S/C20H16FN3O/c21-15-8-6-13(7-9-15)17-10-18(17)20(25)24-16-11-22-19(23-12-16)14-4-2-1-3-5-14/h1-9,11-12,17-18H,10H2,(H,24,25). The molecule has 1 aromatic heterocycles. The third-order valence-electron chi connectivity index (χ3n) is 4.38. The predicted molar refractivity (Wildman–Crippen MR) is 93.3 cm³/mol. The number of carbonyl (C=O) groups is 1. The summed E-state index contributed by atoms with van der Waals surface area (Å²) in [4.78, 5) is 20.9. The minimum Gasteiger partial charge on any atom is -0.323 e. The summed E-state index contributed by atoms with van der Waals surface area (Å²) in [6, 6.07) is 16.0. The van der Waals surface area contributed by atoms with Crippen molar-refractivity contribution in [3.63, 3.8) is 0 Å². The molecular weight excluding hydrogens is 317 g/mol. The highest BCUT2D eigenvalue weighted by Crippen LogP contribution is 2.47. The first kappa shape index (κ1) is 15.4. The summed E-state index contributed by atoms with van der Waals surface area (Å²) >= 11 is 0. The number of rotatable bonds is 4. The van der Waals surface area contributed by atoms with Crippen molar-refractivity contribution in [2.24, 2.45) is 5.92 Å². The molecule has 0 aliphatic heterocycles. The number of amides is 1. The Balaban J connectivity index is 1.39. The van der Waals surface area contributed by atoms with Crippen LogP contribution < -0.4 is 5.32 Å². The summed E-state index contributed by atoms with van der Waals surface area (Å²) in [6.45, 7) is 0. The molecule has 1 amide bonds. The number of nitrogens with one attached hydrogen (secondary N) is 1. The third-order valence-corrected chi connectivity index (χ3v) is 4.38. The van der Waals surface area contributed by atoms with Crippen LogP contribution in [0.3, 0.4) is 0 Å². The number of hydrogen-bond acceptors (Lipinski definition) is 3. The van der Waals surface area contributed by atoms with Gasteiger partial charge >= 0.3 is 0 Å². The Morgan fingerprint density at radius 1 is 1.00 bits per heavy atom. The lowest BCUT2D eigenvalue weighted by Crippen LogP contribution is -2.15. The monoisotopic (exact) mass is 333 g/mol. The minimum atomic E-state index is -0.263. The Bertz CT molecular complexity index is 879. The fraction of sp³-hybridized carbons (Fsp3) is 0.150. The second kappa shape index (κ2) is 6.43. The summed E-state index contributed by atoms with van der Waals surface area (Å²) in [5, 5.41) is 2.86. The zero-order chi connectivity index (χ0) is 17.2. The van der Waals surface area contributed by atoms with Crippen molar-refractivity contribution in [1.82, 2.24) is 9.97 Å². The number of nitrogens with zero attached hydrogens (tertiary/aromatic N) is 2. The van der Waals surface area contributed by atoms with E-state index in [1.165, 1.54) is 12.1 Å². The highest BCUT2D eigenvalue weighted by atomic mass is 19.1. The van der Waals surface area contributed by atoms with Crippen LogP contribution >= 0.6 is 0 Å². The van der Waals surface area contributed by atoms with Crippen molar-refractivity contribution < 1.29 is 9.18 Å². The number of anilines is 1. The van der Waals surface area contributed by atoms with Crippen LogP contribution in [0.4, 0.5) is 10.1 Å². The maximum absolute atomic E-state index is 13.0. The fourth-order valence-electron chi connectivity index (χ4n) is 2.93. The van der Waals surface area contributed by atoms with Gasteiger partial charge in [-0.3, -0.25) is 4.79 Å². The second-order valence-electron chi connectivity index (χ2n) is 6.15. The van der Waals surface area contributed by atoms with Gasteiger partial charge in [0.15, 0.2) is 5.82 Å². The SMILES string of the molecule is O=C(Nc1cnc(-c2ccccc2)nc1)C1CC1c1ccc(F)cc1. The first-order valence-corrected chi connectivity index (χ1v) is 8.14. The number of benzene rings is 2. The van der Waals surface area contributed by atoms with E-state index in [1.54, 1.807) is 24.5 Å². The maximum atomic E-state index is 13.0. The van der Waals surface area contributed by atoms with E-state index in [4.69, 9.17) is 0 Å². The summed E-state index contributed by atoms with van der Waals surface area (Å²) in [5.74, 6) is 0.380. The predicted octanol–water partition coefficient (Wildman–Crippen LogP) is 4.02. The van der Waals surface area contributed by atoms with Crippen molar-refractivity contribution in [2.75, 3.05) is 5.32 Å². The van der Waals surface area contributed by atoms with Crippen LogP contribution in [0.1, 0.15) is 17.9 Å². The largest absolute Gasteiger partial charge is 0.323 e. The van der Waals surface area contributed by atoms with E-state index in [2.05, 4.69) is 15.3 Å². The van der Waals surface area contributed by atoms with Gasteiger partial charge in [0.1, 0.15) is 5.82 Å². The van der Waals surface area contributed by atoms with Crippen LogP contribution in [0.15, 0.2) is 67.0 Å². The zero-order valence-corrected chi connectivity index (χ0v) is 13.4. The average molecular weight is 333 g/mol. The second-order valence-corrected chi connectivity index (χ2v) is 6.15. The van der Waals surface area contributed by atoms with Crippen molar-refractivity contribution in [1.29, 1.82) is 0 Å². The van der Waals surface area contributed by atoms with E-state index >= 15 is 0 Å². The first-order valence-electron chi connectivity index (χ1n) is 8.14. The van der Waals surface area contributed by atoms with Gasteiger partial charge in [-0.1, -0.05) is 42.5 Å².